The lowest BCUT2D eigenvalue weighted by atomic mass is 9.84. The summed E-state index contributed by atoms with van der Waals surface area (Å²) in [5, 5.41) is 1.07. The second-order valence-corrected chi connectivity index (χ2v) is 6.34. The molecule has 2 saturated carbocycles. The summed E-state index contributed by atoms with van der Waals surface area (Å²) < 4.78 is 1.21. The highest BCUT2D eigenvalue weighted by atomic mass is 32.1. The number of ketones is 1. The number of Topliss-reactive ketones (excluding diaryl/α,β-unsaturated/α-hetero) is 1. The summed E-state index contributed by atoms with van der Waals surface area (Å²) in [4.78, 5) is 16.9. The van der Waals surface area contributed by atoms with Crippen LogP contribution in [0.1, 0.15) is 30.7 Å². The summed E-state index contributed by atoms with van der Waals surface area (Å²) in [5.41, 5.74) is 0.846. The van der Waals surface area contributed by atoms with Gasteiger partial charge in [0.2, 0.25) is 0 Å². The van der Waals surface area contributed by atoms with Crippen LogP contribution in [0.15, 0.2) is 24.3 Å². The number of carbonyl (C=O) groups excluding carboxylic acids is 1. The molecule has 17 heavy (non-hydrogen) atoms. The monoisotopic (exact) mass is 243 g/mol. The Kier molecular flexibility index (Phi) is 1.82. The summed E-state index contributed by atoms with van der Waals surface area (Å²) in [5.74, 6) is 1.07. The van der Waals surface area contributed by atoms with Gasteiger partial charge in [0.15, 0.2) is 0 Å². The van der Waals surface area contributed by atoms with E-state index in [1.54, 1.807) is 11.3 Å². The van der Waals surface area contributed by atoms with Crippen LogP contribution < -0.4 is 0 Å². The third-order valence-electron chi connectivity index (χ3n) is 4.33. The van der Waals surface area contributed by atoms with E-state index < -0.39 is 0 Å². The zero-order valence-electron chi connectivity index (χ0n) is 9.48. The first-order chi connectivity index (χ1) is 8.28. The Balaban J connectivity index is 1.91. The minimum Gasteiger partial charge on any atom is -0.299 e. The van der Waals surface area contributed by atoms with Gasteiger partial charge in [0, 0.05) is 6.42 Å². The zero-order chi connectivity index (χ0) is 11.5. The third kappa shape index (κ3) is 1.20. The molecule has 2 aliphatic rings. The molecule has 0 aliphatic heterocycles. The first kappa shape index (κ1) is 9.77. The van der Waals surface area contributed by atoms with Crippen molar-refractivity contribution < 1.29 is 4.79 Å². The molecule has 0 radical (unpaired) electrons. The van der Waals surface area contributed by atoms with Crippen molar-refractivity contribution in [1.29, 1.82) is 0 Å². The van der Waals surface area contributed by atoms with Gasteiger partial charge in [-0.2, -0.15) is 0 Å². The molecule has 0 saturated heterocycles. The van der Waals surface area contributed by atoms with E-state index in [1.165, 1.54) is 11.1 Å². The van der Waals surface area contributed by atoms with Gasteiger partial charge in [0.25, 0.3) is 0 Å². The van der Waals surface area contributed by atoms with E-state index in [1.807, 2.05) is 18.2 Å². The van der Waals surface area contributed by atoms with E-state index in [4.69, 9.17) is 4.98 Å². The Morgan fingerprint density at radius 1 is 1.35 bits per heavy atom. The van der Waals surface area contributed by atoms with Crippen molar-refractivity contribution in [2.24, 2.45) is 5.92 Å². The van der Waals surface area contributed by atoms with Crippen LogP contribution in [0.5, 0.6) is 0 Å². The fourth-order valence-corrected chi connectivity index (χ4v) is 4.63. The normalized spacial score (nSPS) is 31.5. The molecule has 86 valence electrons. The molecule has 0 amide bonds. The van der Waals surface area contributed by atoms with Gasteiger partial charge in [-0.15, -0.1) is 11.3 Å². The van der Waals surface area contributed by atoms with Crippen molar-refractivity contribution in [1.82, 2.24) is 4.98 Å². The maximum Gasteiger partial charge on any atom is 0.146 e. The van der Waals surface area contributed by atoms with Crippen molar-refractivity contribution in [2.75, 3.05) is 0 Å². The predicted molar refractivity (Wildman–Crippen MR) is 68.3 cm³/mol. The highest BCUT2D eigenvalue weighted by Gasteiger charge is 2.54. The number of para-hydroxylation sites is 1. The van der Waals surface area contributed by atoms with Gasteiger partial charge in [-0.1, -0.05) is 12.1 Å². The van der Waals surface area contributed by atoms with Crippen LogP contribution in [-0.4, -0.2) is 10.8 Å². The van der Waals surface area contributed by atoms with Gasteiger partial charge < -0.3 is 0 Å². The maximum atomic E-state index is 12.2. The number of nitrogens with zero attached hydrogens (tertiary/aromatic N) is 1. The van der Waals surface area contributed by atoms with Crippen molar-refractivity contribution in [3.8, 4) is 0 Å². The molecule has 0 spiro atoms. The Morgan fingerprint density at radius 2 is 2.24 bits per heavy atom. The topological polar surface area (TPSA) is 30.0 Å². The summed E-state index contributed by atoms with van der Waals surface area (Å²) in [6, 6.07) is 8.18. The Morgan fingerprint density at radius 3 is 2.94 bits per heavy atom. The van der Waals surface area contributed by atoms with Crippen LogP contribution in [0.2, 0.25) is 0 Å². The molecule has 2 aromatic rings. The summed E-state index contributed by atoms with van der Waals surface area (Å²) in [6.45, 7) is 0. The second-order valence-electron chi connectivity index (χ2n) is 5.30. The molecule has 1 aromatic carbocycles. The number of hydrogen-bond donors (Lipinski definition) is 0. The average molecular weight is 243 g/mol. The molecular weight excluding hydrogens is 230 g/mol. The van der Waals surface area contributed by atoms with E-state index in [9.17, 15) is 4.79 Å². The van der Waals surface area contributed by atoms with Gasteiger partial charge in [0.1, 0.15) is 10.8 Å². The van der Waals surface area contributed by atoms with Gasteiger partial charge in [-0.25, -0.2) is 4.98 Å². The Labute approximate surface area is 104 Å². The molecule has 2 fully saturated rings. The molecule has 2 atom stereocenters. The third-order valence-corrected chi connectivity index (χ3v) is 5.57. The predicted octanol–water partition coefficient (Wildman–Crippen LogP) is 3.31. The van der Waals surface area contributed by atoms with E-state index >= 15 is 0 Å². The van der Waals surface area contributed by atoms with Gasteiger partial charge in [-0.3, -0.25) is 4.79 Å². The number of hydrogen-bond acceptors (Lipinski definition) is 3. The van der Waals surface area contributed by atoms with E-state index in [-0.39, 0.29) is 5.41 Å². The molecule has 2 nitrogen and oxygen atoms in total. The number of fused-ring (bicyclic) bond motifs is 3. The number of carbonyl (C=O) groups is 1. The Bertz CT molecular complexity index is 584. The maximum absolute atomic E-state index is 12.2. The van der Waals surface area contributed by atoms with Crippen LogP contribution >= 0.6 is 11.3 Å². The second kappa shape index (κ2) is 3.16. The van der Waals surface area contributed by atoms with Crippen LogP contribution in [0, 0.1) is 5.92 Å². The molecule has 4 rings (SSSR count). The first-order valence-corrected chi connectivity index (χ1v) is 6.99. The van der Waals surface area contributed by atoms with Crippen LogP contribution in [0.3, 0.4) is 0 Å². The van der Waals surface area contributed by atoms with Crippen LogP contribution in [0.25, 0.3) is 10.2 Å². The van der Waals surface area contributed by atoms with Crippen molar-refractivity contribution >= 4 is 27.3 Å². The van der Waals surface area contributed by atoms with E-state index in [0.29, 0.717) is 11.7 Å². The lowest BCUT2D eigenvalue weighted by Crippen LogP contribution is -2.29. The summed E-state index contributed by atoms with van der Waals surface area (Å²) in [6.07, 6.45) is 4.07. The minimum atomic E-state index is -0.200. The van der Waals surface area contributed by atoms with Crippen molar-refractivity contribution in [3.63, 3.8) is 0 Å². The molecule has 3 heteroatoms. The lowest BCUT2D eigenvalue weighted by molar-refractivity contribution is -0.123. The number of rotatable bonds is 1. The van der Waals surface area contributed by atoms with Gasteiger partial charge in [-0.05, 0) is 37.3 Å². The lowest BCUT2D eigenvalue weighted by Gasteiger charge is -2.21. The molecular formula is C14H13NOS. The number of thiazole rings is 1. The zero-order valence-corrected chi connectivity index (χ0v) is 10.3. The smallest absolute Gasteiger partial charge is 0.146 e. The van der Waals surface area contributed by atoms with E-state index in [0.717, 1.165) is 29.8 Å². The number of aromatic nitrogens is 1. The Hall–Kier alpha value is -1.22. The minimum absolute atomic E-state index is 0.200. The summed E-state index contributed by atoms with van der Waals surface area (Å²) in [7, 11) is 0. The van der Waals surface area contributed by atoms with Gasteiger partial charge in [0.05, 0.1) is 15.6 Å². The van der Waals surface area contributed by atoms with Crippen LogP contribution in [0.4, 0.5) is 0 Å². The standard InChI is InChI=1S/C14H13NOS/c16-12-7-9-5-6-14(12,8-9)13-15-10-3-1-2-4-11(10)17-13/h1-4,9H,5-8H2. The van der Waals surface area contributed by atoms with Crippen LogP contribution in [-0.2, 0) is 10.2 Å². The van der Waals surface area contributed by atoms with Gasteiger partial charge >= 0.3 is 0 Å². The van der Waals surface area contributed by atoms with Crippen molar-refractivity contribution in [2.45, 2.75) is 31.1 Å². The molecule has 1 heterocycles. The highest BCUT2D eigenvalue weighted by molar-refractivity contribution is 7.18. The van der Waals surface area contributed by atoms with E-state index in [2.05, 4.69) is 6.07 Å². The van der Waals surface area contributed by atoms with Crippen molar-refractivity contribution in [3.05, 3.63) is 29.3 Å². The molecule has 2 unspecified atom stereocenters. The fraction of sp³-hybridized carbons (Fsp3) is 0.429. The molecule has 2 aliphatic carbocycles. The number of benzene rings is 1. The largest absolute Gasteiger partial charge is 0.299 e. The first-order valence-electron chi connectivity index (χ1n) is 6.17. The summed E-state index contributed by atoms with van der Waals surface area (Å²) >= 11 is 1.72. The molecule has 0 N–H and O–H groups in total. The molecule has 1 aromatic heterocycles. The fourth-order valence-electron chi connectivity index (χ4n) is 3.42. The molecule has 2 bridgehead atoms. The SMILES string of the molecule is O=C1CC2CCC1(c1nc3ccccc3s1)C2. The quantitative estimate of drug-likeness (QED) is 0.769. The average Bonchev–Trinajstić information content (AvgIpc) is 2.99. The highest BCUT2D eigenvalue weighted by Crippen LogP contribution is 2.54.